The minimum atomic E-state index is 0.641. The van der Waals surface area contributed by atoms with E-state index in [9.17, 15) is 0 Å². The monoisotopic (exact) mass is 283 g/mol. The highest BCUT2D eigenvalue weighted by molar-refractivity contribution is 6.32. The maximum atomic E-state index is 6.30. The SMILES string of the molecule is COc1cc(CCCCN)cc(Cl)c1OCC1CC1. The Balaban J connectivity index is 2.04. The highest BCUT2D eigenvalue weighted by Crippen LogP contribution is 2.38. The molecule has 0 amide bonds. The second-order valence-corrected chi connectivity index (χ2v) is 5.52. The Bertz CT molecular complexity index is 419. The summed E-state index contributed by atoms with van der Waals surface area (Å²) >= 11 is 6.30. The van der Waals surface area contributed by atoms with E-state index >= 15 is 0 Å². The fraction of sp³-hybridized carbons (Fsp3) is 0.600. The van der Waals surface area contributed by atoms with Crippen molar-refractivity contribution in [1.82, 2.24) is 0 Å². The molecule has 0 atom stereocenters. The van der Waals surface area contributed by atoms with Gasteiger partial charge in [0.1, 0.15) is 0 Å². The van der Waals surface area contributed by atoms with Gasteiger partial charge in [-0.15, -0.1) is 0 Å². The summed E-state index contributed by atoms with van der Waals surface area (Å²) in [5.41, 5.74) is 6.68. The lowest BCUT2D eigenvalue weighted by Gasteiger charge is -2.14. The normalized spacial score (nSPS) is 14.5. The van der Waals surface area contributed by atoms with Gasteiger partial charge in [0.2, 0.25) is 0 Å². The first-order valence-corrected chi connectivity index (χ1v) is 7.31. The molecule has 1 aromatic rings. The Morgan fingerprint density at radius 3 is 2.74 bits per heavy atom. The van der Waals surface area contributed by atoms with E-state index in [0.717, 1.165) is 38.2 Å². The number of nitrogens with two attached hydrogens (primary N) is 1. The van der Waals surface area contributed by atoms with Crippen molar-refractivity contribution >= 4 is 11.6 Å². The number of rotatable bonds is 8. The van der Waals surface area contributed by atoms with Crippen molar-refractivity contribution in [3.05, 3.63) is 22.7 Å². The van der Waals surface area contributed by atoms with E-state index < -0.39 is 0 Å². The number of ether oxygens (including phenoxy) is 2. The molecule has 0 unspecified atom stereocenters. The van der Waals surface area contributed by atoms with Crippen molar-refractivity contribution in [3.8, 4) is 11.5 Å². The number of halogens is 1. The van der Waals surface area contributed by atoms with Crippen LogP contribution in [0, 0.1) is 5.92 Å². The van der Waals surface area contributed by atoms with Gasteiger partial charge in [-0.1, -0.05) is 11.6 Å². The average Bonchev–Trinajstić information content (AvgIpc) is 3.21. The molecule has 2 rings (SSSR count). The molecule has 3 nitrogen and oxygen atoms in total. The van der Waals surface area contributed by atoms with Crippen LogP contribution in [-0.4, -0.2) is 20.3 Å². The van der Waals surface area contributed by atoms with Crippen LogP contribution in [0.4, 0.5) is 0 Å². The second-order valence-electron chi connectivity index (χ2n) is 5.11. The molecule has 0 aromatic heterocycles. The van der Waals surface area contributed by atoms with Gasteiger partial charge in [-0.3, -0.25) is 0 Å². The Morgan fingerprint density at radius 2 is 2.11 bits per heavy atom. The Labute approximate surface area is 120 Å². The van der Waals surface area contributed by atoms with Crippen LogP contribution in [0.5, 0.6) is 11.5 Å². The van der Waals surface area contributed by atoms with Crippen LogP contribution in [0.25, 0.3) is 0 Å². The van der Waals surface area contributed by atoms with Gasteiger partial charge >= 0.3 is 0 Å². The number of hydrogen-bond donors (Lipinski definition) is 1. The fourth-order valence-electron chi connectivity index (χ4n) is 2.02. The molecule has 0 radical (unpaired) electrons. The van der Waals surface area contributed by atoms with E-state index in [1.54, 1.807) is 7.11 Å². The van der Waals surface area contributed by atoms with Crippen LogP contribution in [0.3, 0.4) is 0 Å². The molecule has 0 saturated heterocycles. The zero-order valence-corrected chi connectivity index (χ0v) is 12.2. The highest BCUT2D eigenvalue weighted by atomic mass is 35.5. The molecule has 2 N–H and O–H groups in total. The molecular formula is C15H22ClNO2. The molecule has 0 spiro atoms. The summed E-state index contributed by atoms with van der Waals surface area (Å²) in [6, 6.07) is 3.99. The molecule has 0 bridgehead atoms. The molecule has 1 aliphatic rings. The summed E-state index contributed by atoms with van der Waals surface area (Å²) < 4.78 is 11.2. The van der Waals surface area contributed by atoms with Gasteiger partial charge in [0.05, 0.1) is 18.7 Å². The second kappa shape index (κ2) is 7.01. The summed E-state index contributed by atoms with van der Waals surface area (Å²) in [5, 5.41) is 0.641. The standard InChI is InChI=1S/C15H22ClNO2/c1-18-14-9-12(4-2-3-7-17)8-13(16)15(14)19-10-11-5-6-11/h8-9,11H,2-7,10,17H2,1H3. The van der Waals surface area contributed by atoms with Gasteiger partial charge in [0, 0.05) is 0 Å². The maximum absolute atomic E-state index is 6.30. The van der Waals surface area contributed by atoms with Gasteiger partial charge in [-0.05, 0) is 62.3 Å². The average molecular weight is 284 g/mol. The van der Waals surface area contributed by atoms with Gasteiger partial charge in [0.15, 0.2) is 11.5 Å². The molecule has 0 aliphatic heterocycles. The van der Waals surface area contributed by atoms with Crippen LogP contribution in [-0.2, 0) is 6.42 Å². The molecule has 4 heteroatoms. The summed E-state index contributed by atoms with van der Waals surface area (Å²) in [6.45, 7) is 1.47. The minimum Gasteiger partial charge on any atom is -0.493 e. The van der Waals surface area contributed by atoms with Crippen molar-refractivity contribution < 1.29 is 9.47 Å². The fourth-order valence-corrected chi connectivity index (χ4v) is 2.30. The zero-order chi connectivity index (χ0) is 13.7. The molecule has 106 valence electrons. The van der Waals surface area contributed by atoms with Crippen LogP contribution in [0.15, 0.2) is 12.1 Å². The zero-order valence-electron chi connectivity index (χ0n) is 11.5. The van der Waals surface area contributed by atoms with Crippen molar-refractivity contribution in [1.29, 1.82) is 0 Å². The topological polar surface area (TPSA) is 44.5 Å². The van der Waals surface area contributed by atoms with Crippen LogP contribution >= 0.6 is 11.6 Å². The van der Waals surface area contributed by atoms with E-state index in [1.165, 1.54) is 18.4 Å². The van der Waals surface area contributed by atoms with Gasteiger partial charge in [-0.25, -0.2) is 0 Å². The predicted molar refractivity (Wildman–Crippen MR) is 78.2 cm³/mol. The van der Waals surface area contributed by atoms with Crippen molar-refractivity contribution in [2.24, 2.45) is 11.7 Å². The van der Waals surface area contributed by atoms with Gasteiger partial charge in [0.25, 0.3) is 0 Å². The van der Waals surface area contributed by atoms with Crippen LogP contribution in [0.1, 0.15) is 31.2 Å². The van der Waals surface area contributed by atoms with E-state index in [1.807, 2.05) is 12.1 Å². The third kappa shape index (κ3) is 4.29. The first kappa shape index (κ1) is 14.5. The lowest BCUT2D eigenvalue weighted by Crippen LogP contribution is -2.03. The number of unbranched alkanes of at least 4 members (excludes halogenated alkanes) is 1. The lowest BCUT2D eigenvalue weighted by molar-refractivity contribution is 0.280. The van der Waals surface area contributed by atoms with Crippen molar-refractivity contribution in [2.75, 3.05) is 20.3 Å². The number of hydrogen-bond acceptors (Lipinski definition) is 3. The van der Waals surface area contributed by atoms with Crippen molar-refractivity contribution in [2.45, 2.75) is 32.1 Å². The van der Waals surface area contributed by atoms with Crippen molar-refractivity contribution in [3.63, 3.8) is 0 Å². The molecule has 1 saturated carbocycles. The quantitative estimate of drug-likeness (QED) is 0.744. The largest absolute Gasteiger partial charge is 0.493 e. The van der Waals surface area contributed by atoms with E-state index in [2.05, 4.69) is 0 Å². The first-order chi connectivity index (χ1) is 9.24. The Kier molecular flexibility index (Phi) is 5.34. The molecule has 19 heavy (non-hydrogen) atoms. The Hall–Kier alpha value is -0.930. The smallest absolute Gasteiger partial charge is 0.179 e. The molecular weight excluding hydrogens is 262 g/mol. The maximum Gasteiger partial charge on any atom is 0.179 e. The highest BCUT2D eigenvalue weighted by Gasteiger charge is 2.23. The Morgan fingerprint density at radius 1 is 1.32 bits per heavy atom. The van der Waals surface area contributed by atoms with Gasteiger partial charge in [-0.2, -0.15) is 0 Å². The molecule has 1 fully saturated rings. The third-order valence-corrected chi connectivity index (χ3v) is 3.65. The molecule has 1 aromatic carbocycles. The lowest BCUT2D eigenvalue weighted by atomic mass is 10.1. The molecule has 0 heterocycles. The number of aryl methyl sites for hydroxylation is 1. The minimum absolute atomic E-state index is 0.641. The molecule has 1 aliphatic carbocycles. The third-order valence-electron chi connectivity index (χ3n) is 3.37. The summed E-state index contributed by atoms with van der Waals surface area (Å²) in [4.78, 5) is 0. The predicted octanol–water partition coefficient (Wildman–Crippen LogP) is 3.42. The summed E-state index contributed by atoms with van der Waals surface area (Å²) in [5.74, 6) is 2.11. The van der Waals surface area contributed by atoms with E-state index in [-0.39, 0.29) is 0 Å². The summed E-state index contributed by atoms with van der Waals surface area (Å²) in [7, 11) is 1.65. The van der Waals surface area contributed by atoms with Crippen LogP contribution in [0.2, 0.25) is 5.02 Å². The van der Waals surface area contributed by atoms with E-state index in [4.69, 9.17) is 26.8 Å². The number of methoxy groups -OCH3 is 1. The van der Waals surface area contributed by atoms with Gasteiger partial charge < -0.3 is 15.2 Å². The van der Waals surface area contributed by atoms with Crippen LogP contribution < -0.4 is 15.2 Å². The number of benzene rings is 1. The van der Waals surface area contributed by atoms with E-state index in [0.29, 0.717) is 16.7 Å². The summed E-state index contributed by atoms with van der Waals surface area (Å²) in [6.07, 6.45) is 5.59. The first-order valence-electron chi connectivity index (χ1n) is 6.94.